The Hall–Kier alpha value is -3.57. The summed E-state index contributed by atoms with van der Waals surface area (Å²) in [4.78, 5) is 28.9. The molecule has 0 fully saturated rings. The van der Waals surface area contributed by atoms with Crippen LogP contribution < -0.4 is 9.62 Å². The van der Waals surface area contributed by atoms with Gasteiger partial charge in [-0.1, -0.05) is 79.5 Å². The van der Waals surface area contributed by atoms with E-state index in [-0.39, 0.29) is 43.9 Å². The molecule has 12 heteroatoms. The Kier molecular flexibility index (Phi) is 12.7. The first-order valence-electron chi connectivity index (χ1n) is 14.3. The zero-order chi connectivity index (χ0) is 32.3. The van der Waals surface area contributed by atoms with Gasteiger partial charge in [-0.2, -0.15) is 13.2 Å². The number of anilines is 1. The first-order chi connectivity index (χ1) is 20.8. The van der Waals surface area contributed by atoms with Gasteiger partial charge in [0.05, 0.1) is 17.5 Å². The Balaban J connectivity index is 1.89. The summed E-state index contributed by atoms with van der Waals surface area (Å²) in [6.45, 7) is 2.23. The number of halogens is 4. The maximum absolute atomic E-state index is 13.9. The molecule has 0 saturated heterocycles. The van der Waals surface area contributed by atoms with E-state index in [4.69, 9.17) is 11.6 Å². The van der Waals surface area contributed by atoms with Crippen molar-refractivity contribution in [3.63, 3.8) is 0 Å². The molecule has 7 nitrogen and oxygen atoms in total. The average Bonchev–Trinajstić information content (AvgIpc) is 2.97. The molecule has 1 unspecified atom stereocenters. The minimum Gasteiger partial charge on any atom is -0.354 e. The molecule has 0 bridgehead atoms. The SMILES string of the molecule is CCCCNC(=O)C(Cc1ccccc1)N(Cc1ccccc1Cl)C(=O)CCCN(c1cccc(C(F)(F)F)c1)S(C)(=O)=O. The molecular formula is C32H37ClF3N3O4S. The number of rotatable bonds is 15. The first-order valence-corrected chi connectivity index (χ1v) is 16.5. The van der Waals surface area contributed by atoms with Crippen molar-refractivity contribution >= 4 is 39.1 Å². The fourth-order valence-electron chi connectivity index (χ4n) is 4.71. The van der Waals surface area contributed by atoms with Crippen molar-refractivity contribution in [2.75, 3.05) is 23.7 Å². The molecule has 0 aliphatic carbocycles. The van der Waals surface area contributed by atoms with E-state index in [1.807, 2.05) is 37.3 Å². The van der Waals surface area contributed by atoms with Crippen LogP contribution in [-0.2, 0) is 38.8 Å². The van der Waals surface area contributed by atoms with Crippen molar-refractivity contribution in [3.8, 4) is 0 Å². The van der Waals surface area contributed by atoms with E-state index >= 15 is 0 Å². The van der Waals surface area contributed by atoms with Gasteiger partial charge in [0, 0.05) is 37.5 Å². The smallest absolute Gasteiger partial charge is 0.354 e. The Morgan fingerprint density at radius 2 is 1.64 bits per heavy atom. The molecule has 0 radical (unpaired) electrons. The number of benzene rings is 3. The van der Waals surface area contributed by atoms with Gasteiger partial charge in [-0.3, -0.25) is 13.9 Å². The number of hydrogen-bond donors (Lipinski definition) is 1. The second kappa shape index (κ2) is 15.9. The van der Waals surface area contributed by atoms with Crippen molar-refractivity contribution in [2.24, 2.45) is 0 Å². The third-order valence-electron chi connectivity index (χ3n) is 7.01. The number of sulfonamides is 1. The van der Waals surface area contributed by atoms with Crippen LogP contribution in [0.4, 0.5) is 18.9 Å². The predicted octanol–water partition coefficient (Wildman–Crippen LogP) is 6.46. The zero-order valence-corrected chi connectivity index (χ0v) is 26.3. The lowest BCUT2D eigenvalue weighted by Gasteiger charge is -2.32. The van der Waals surface area contributed by atoms with E-state index in [0.717, 1.165) is 47.2 Å². The largest absolute Gasteiger partial charge is 0.416 e. The molecule has 0 spiro atoms. The summed E-state index contributed by atoms with van der Waals surface area (Å²) in [5, 5.41) is 3.35. The highest BCUT2D eigenvalue weighted by atomic mass is 35.5. The summed E-state index contributed by atoms with van der Waals surface area (Å²) >= 11 is 6.44. The second-order valence-corrected chi connectivity index (χ2v) is 12.8. The van der Waals surface area contributed by atoms with Gasteiger partial charge in [-0.05, 0) is 48.2 Å². The standard InChI is InChI=1S/C32H37ClF3N3O4S/c1-3-4-19-37-31(41)29(21-24-12-6-5-7-13-24)38(23-25-14-8-9-17-28(25)33)30(40)18-11-20-39(44(2,42)43)27-16-10-15-26(22-27)32(34,35)36/h5-10,12-17,22,29H,3-4,11,18-21,23H2,1-2H3,(H,37,41). The zero-order valence-electron chi connectivity index (χ0n) is 24.7. The van der Waals surface area contributed by atoms with Gasteiger partial charge in [0.15, 0.2) is 0 Å². The van der Waals surface area contributed by atoms with Crippen molar-refractivity contribution in [1.82, 2.24) is 10.2 Å². The summed E-state index contributed by atoms with van der Waals surface area (Å²) in [5.41, 5.74) is 0.333. The van der Waals surface area contributed by atoms with E-state index < -0.39 is 33.7 Å². The number of alkyl halides is 3. The van der Waals surface area contributed by atoms with Crippen LogP contribution in [-0.4, -0.2) is 50.5 Å². The van der Waals surface area contributed by atoms with Crippen molar-refractivity contribution < 1.29 is 31.2 Å². The quantitative estimate of drug-likeness (QED) is 0.191. The molecule has 0 heterocycles. The normalized spacial score (nSPS) is 12.4. The molecular weight excluding hydrogens is 615 g/mol. The van der Waals surface area contributed by atoms with Gasteiger partial charge < -0.3 is 10.2 Å². The molecule has 2 amide bonds. The molecule has 3 aromatic rings. The lowest BCUT2D eigenvalue weighted by atomic mass is 10.0. The average molecular weight is 652 g/mol. The first kappa shape index (κ1) is 34.9. The van der Waals surface area contributed by atoms with Gasteiger partial charge in [0.25, 0.3) is 0 Å². The van der Waals surface area contributed by atoms with Crippen LogP contribution in [0.1, 0.15) is 49.3 Å². The molecule has 238 valence electrons. The Bertz CT molecular complexity index is 1500. The number of hydrogen-bond acceptors (Lipinski definition) is 4. The maximum atomic E-state index is 13.9. The van der Waals surface area contributed by atoms with Crippen molar-refractivity contribution in [3.05, 3.63) is 101 Å². The van der Waals surface area contributed by atoms with Crippen LogP contribution in [0.5, 0.6) is 0 Å². The minimum absolute atomic E-state index is 0.00329. The second-order valence-electron chi connectivity index (χ2n) is 10.4. The van der Waals surface area contributed by atoms with Gasteiger partial charge >= 0.3 is 6.18 Å². The van der Waals surface area contributed by atoms with Gasteiger partial charge in [0.1, 0.15) is 6.04 Å². The molecule has 0 aliphatic rings. The summed E-state index contributed by atoms with van der Waals surface area (Å²) in [6, 6.07) is 19.4. The molecule has 3 rings (SSSR count). The third kappa shape index (κ3) is 10.3. The Morgan fingerprint density at radius 1 is 0.955 bits per heavy atom. The van der Waals surface area contributed by atoms with Crippen LogP contribution in [0.15, 0.2) is 78.9 Å². The van der Waals surface area contributed by atoms with Crippen LogP contribution >= 0.6 is 11.6 Å². The van der Waals surface area contributed by atoms with E-state index in [9.17, 15) is 31.2 Å². The lowest BCUT2D eigenvalue weighted by molar-refractivity contribution is -0.141. The highest BCUT2D eigenvalue weighted by Gasteiger charge is 2.33. The topological polar surface area (TPSA) is 86.8 Å². The highest BCUT2D eigenvalue weighted by molar-refractivity contribution is 7.92. The fraction of sp³-hybridized carbons (Fsp3) is 0.375. The molecule has 0 aliphatic heterocycles. The van der Waals surface area contributed by atoms with Gasteiger partial charge in [-0.15, -0.1) is 0 Å². The van der Waals surface area contributed by atoms with E-state index in [2.05, 4.69) is 5.32 Å². The summed E-state index contributed by atoms with van der Waals surface area (Å²) in [5.74, 6) is -0.751. The molecule has 44 heavy (non-hydrogen) atoms. The Morgan fingerprint density at radius 3 is 2.27 bits per heavy atom. The predicted molar refractivity (Wildman–Crippen MR) is 167 cm³/mol. The van der Waals surface area contributed by atoms with Crippen LogP contribution in [0.3, 0.4) is 0 Å². The monoisotopic (exact) mass is 651 g/mol. The number of unbranched alkanes of at least 4 members (excludes halogenated alkanes) is 1. The molecule has 0 aromatic heterocycles. The minimum atomic E-state index is -4.65. The maximum Gasteiger partial charge on any atom is 0.416 e. The molecule has 1 N–H and O–H groups in total. The van der Waals surface area contributed by atoms with E-state index in [0.29, 0.717) is 17.1 Å². The fourth-order valence-corrected chi connectivity index (χ4v) is 5.86. The number of amides is 2. The Labute approximate surface area is 262 Å². The van der Waals surface area contributed by atoms with E-state index in [1.54, 1.807) is 24.3 Å². The summed E-state index contributed by atoms with van der Waals surface area (Å²) < 4.78 is 66.0. The number of nitrogens with zero attached hydrogens (tertiary/aromatic N) is 2. The molecule has 1 atom stereocenters. The van der Waals surface area contributed by atoms with Gasteiger partial charge in [0.2, 0.25) is 21.8 Å². The number of carbonyl (C=O) groups excluding carboxylic acids is 2. The van der Waals surface area contributed by atoms with Crippen molar-refractivity contribution in [2.45, 2.75) is 57.8 Å². The highest BCUT2D eigenvalue weighted by Crippen LogP contribution is 2.32. The number of carbonyl (C=O) groups is 2. The van der Waals surface area contributed by atoms with Crippen LogP contribution in [0.2, 0.25) is 5.02 Å². The lowest BCUT2D eigenvalue weighted by Crippen LogP contribution is -2.50. The third-order valence-corrected chi connectivity index (χ3v) is 8.58. The molecule has 3 aromatic carbocycles. The van der Waals surface area contributed by atoms with Crippen LogP contribution in [0.25, 0.3) is 0 Å². The molecule has 0 saturated carbocycles. The van der Waals surface area contributed by atoms with Crippen molar-refractivity contribution in [1.29, 1.82) is 0 Å². The van der Waals surface area contributed by atoms with Crippen LogP contribution in [0, 0.1) is 0 Å². The van der Waals surface area contributed by atoms with Gasteiger partial charge in [-0.25, -0.2) is 8.42 Å². The number of nitrogens with one attached hydrogen (secondary N) is 1. The summed E-state index contributed by atoms with van der Waals surface area (Å²) in [7, 11) is -3.98. The summed E-state index contributed by atoms with van der Waals surface area (Å²) in [6.07, 6.45) is -2.06. The van der Waals surface area contributed by atoms with E-state index in [1.165, 1.54) is 11.0 Å².